The fourth-order valence-electron chi connectivity index (χ4n) is 1.38. The molecule has 0 heterocycles. The summed E-state index contributed by atoms with van der Waals surface area (Å²) in [5, 5.41) is 10.9. The average molecular weight is 226 g/mol. The maximum Gasteiger partial charge on any atom is 0.212 e. The smallest absolute Gasteiger partial charge is 0.212 e. The summed E-state index contributed by atoms with van der Waals surface area (Å²) in [6, 6.07) is 9.31. The van der Waals surface area contributed by atoms with Crippen LogP contribution in [0.15, 0.2) is 30.3 Å². The zero-order chi connectivity index (χ0) is 11.5. The molecule has 3 nitrogen and oxygen atoms in total. The molecule has 82 valence electrons. The van der Waals surface area contributed by atoms with Crippen molar-refractivity contribution < 1.29 is 13.5 Å². The lowest BCUT2D eigenvalue weighted by Gasteiger charge is -2.25. The Labute approximate surface area is 90.9 Å². The van der Waals surface area contributed by atoms with Gasteiger partial charge in [-0.05, 0) is 12.5 Å². The normalized spacial score (nSPS) is 16.5. The fraction of sp³-hybridized carbons (Fsp3) is 0.364. The van der Waals surface area contributed by atoms with Crippen molar-refractivity contribution in [3.05, 3.63) is 35.9 Å². The van der Waals surface area contributed by atoms with E-state index in [1.165, 1.54) is 6.92 Å². The Morgan fingerprint density at radius 3 is 2.33 bits per heavy atom. The summed E-state index contributed by atoms with van der Waals surface area (Å²) in [6.07, 6.45) is 0. The molecule has 0 radical (unpaired) electrons. The lowest BCUT2D eigenvalue weighted by Crippen LogP contribution is -2.33. The van der Waals surface area contributed by atoms with Gasteiger partial charge in [-0.15, -0.1) is 0 Å². The van der Waals surface area contributed by atoms with E-state index < -0.39 is 15.9 Å². The van der Waals surface area contributed by atoms with Gasteiger partial charge in [0.2, 0.25) is 10.3 Å². The third-order valence-corrected chi connectivity index (χ3v) is 3.18. The van der Waals surface area contributed by atoms with Crippen molar-refractivity contribution in [3.8, 4) is 0 Å². The van der Waals surface area contributed by atoms with Crippen LogP contribution in [0.5, 0.6) is 0 Å². The van der Waals surface area contributed by atoms with Gasteiger partial charge >= 0.3 is 0 Å². The minimum atomic E-state index is -2.35. The van der Waals surface area contributed by atoms with E-state index >= 15 is 0 Å². The van der Waals surface area contributed by atoms with E-state index in [1.807, 2.05) is 30.3 Å². The molecule has 1 rings (SSSR count). The van der Waals surface area contributed by atoms with Crippen molar-refractivity contribution in [1.82, 2.24) is 0 Å². The molecule has 15 heavy (non-hydrogen) atoms. The minimum absolute atomic E-state index is 0.267. The number of hydrogen-bond donors (Lipinski definition) is 1. The zero-order valence-electron chi connectivity index (χ0n) is 8.71. The molecule has 0 fully saturated rings. The Kier molecular flexibility index (Phi) is 3.66. The van der Waals surface area contributed by atoms with Gasteiger partial charge in [-0.1, -0.05) is 37.3 Å². The molecule has 4 heteroatoms. The zero-order valence-corrected chi connectivity index (χ0v) is 9.53. The summed E-state index contributed by atoms with van der Waals surface area (Å²) >= 11 is 0. The van der Waals surface area contributed by atoms with Crippen molar-refractivity contribution in [2.75, 3.05) is 0 Å². The molecule has 1 N–H and O–H groups in total. The van der Waals surface area contributed by atoms with E-state index in [2.05, 4.69) is 0 Å². The van der Waals surface area contributed by atoms with Crippen LogP contribution in [0, 0.1) is 0 Å². The summed E-state index contributed by atoms with van der Waals surface area (Å²) < 4.78 is 21.1. The van der Waals surface area contributed by atoms with E-state index in [0.29, 0.717) is 0 Å². The van der Waals surface area contributed by atoms with Crippen LogP contribution in [-0.4, -0.2) is 24.5 Å². The van der Waals surface area contributed by atoms with E-state index in [1.54, 1.807) is 6.92 Å². The second kappa shape index (κ2) is 4.59. The molecule has 0 spiro atoms. The van der Waals surface area contributed by atoms with Crippen LogP contribution in [0.1, 0.15) is 25.3 Å². The summed E-state index contributed by atoms with van der Waals surface area (Å²) in [4.78, 5) is 0. The van der Waals surface area contributed by atoms with Crippen LogP contribution < -0.4 is 0 Å². The van der Waals surface area contributed by atoms with Crippen molar-refractivity contribution in [1.29, 1.82) is 0 Å². The van der Waals surface area contributed by atoms with Gasteiger partial charge < -0.3 is 5.11 Å². The third kappa shape index (κ3) is 3.18. The third-order valence-electron chi connectivity index (χ3n) is 2.51. The van der Waals surface area contributed by atoms with E-state index in [9.17, 15) is 13.5 Å². The van der Waals surface area contributed by atoms with Gasteiger partial charge in [0.1, 0.15) is 5.60 Å². The Bertz CT molecular complexity index is 438. The highest BCUT2D eigenvalue weighted by Gasteiger charge is 2.27. The fourth-order valence-corrected chi connectivity index (χ4v) is 1.97. The van der Waals surface area contributed by atoms with Crippen LogP contribution >= 0.6 is 0 Å². The molecule has 2 atom stereocenters. The molecule has 0 aromatic heterocycles. The highest BCUT2D eigenvalue weighted by atomic mass is 32.2. The van der Waals surface area contributed by atoms with Crippen molar-refractivity contribution in [2.24, 2.45) is 0 Å². The maximum absolute atomic E-state index is 10.5. The van der Waals surface area contributed by atoms with Gasteiger partial charge in [0.25, 0.3) is 0 Å². The summed E-state index contributed by atoms with van der Waals surface area (Å²) in [5.74, 6) is -0.267. The topological polar surface area (TPSA) is 54.4 Å². The van der Waals surface area contributed by atoms with Crippen LogP contribution in [0.2, 0.25) is 0 Å². The van der Waals surface area contributed by atoms with Gasteiger partial charge in [0.15, 0.2) is 0 Å². The molecule has 0 bridgehead atoms. The predicted octanol–water partition coefficient (Wildman–Crippen LogP) is 1.22. The standard InChI is InChI=1S/C11H14O3S/c1-9(10-6-4-3-5-7-10)11(2,12)8-15(13)14/h3-9,12H,1-2H3. The Morgan fingerprint density at radius 1 is 1.33 bits per heavy atom. The lowest BCUT2D eigenvalue weighted by atomic mass is 9.86. The van der Waals surface area contributed by atoms with Gasteiger partial charge in [0, 0.05) is 5.92 Å². The van der Waals surface area contributed by atoms with Crippen LogP contribution in [-0.2, 0) is 10.3 Å². The first-order chi connectivity index (χ1) is 6.93. The Hall–Kier alpha value is -1.13. The number of aliphatic hydroxyl groups is 1. The Balaban J connectivity index is 3.04. The van der Waals surface area contributed by atoms with Crippen molar-refractivity contribution in [2.45, 2.75) is 25.4 Å². The van der Waals surface area contributed by atoms with Gasteiger partial charge in [-0.3, -0.25) is 0 Å². The van der Waals surface area contributed by atoms with Crippen LogP contribution in [0.4, 0.5) is 0 Å². The first-order valence-electron chi connectivity index (χ1n) is 4.65. The molecular formula is C11H14O3S. The largest absolute Gasteiger partial charge is 0.384 e. The summed E-state index contributed by atoms with van der Waals surface area (Å²) in [6.45, 7) is 3.28. The Morgan fingerprint density at radius 2 is 1.87 bits per heavy atom. The highest BCUT2D eigenvalue weighted by Crippen LogP contribution is 2.25. The highest BCUT2D eigenvalue weighted by molar-refractivity contribution is 7.71. The second-order valence-corrected chi connectivity index (χ2v) is 4.49. The first-order valence-corrected chi connectivity index (χ1v) is 5.78. The quantitative estimate of drug-likeness (QED) is 0.788. The molecule has 0 saturated heterocycles. The molecule has 0 aliphatic heterocycles. The lowest BCUT2D eigenvalue weighted by molar-refractivity contribution is 0.114. The van der Waals surface area contributed by atoms with Crippen molar-refractivity contribution >= 4 is 15.7 Å². The molecule has 2 unspecified atom stereocenters. The minimum Gasteiger partial charge on any atom is -0.384 e. The van der Waals surface area contributed by atoms with Crippen LogP contribution in [0.25, 0.3) is 0 Å². The number of rotatable bonds is 3. The first kappa shape index (κ1) is 11.9. The van der Waals surface area contributed by atoms with Gasteiger partial charge in [0.05, 0.1) is 5.37 Å². The summed E-state index contributed by atoms with van der Waals surface area (Å²) in [7, 11) is -2.35. The van der Waals surface area contributed by atoms with Gasteiger partial charge in [-0.25, -0.2) is 0 Å². The number of hydrogen-bond acceptors (Lipinski definition) is 3. The molecule has 1 aromatic carbocycles. The molecule has 0 saturated carbocycles. The average Bonchev–Trinajstić information content (AvgIpc) is 2.16. The molecule has 1 aromatic rings. The van der Waals surface area contributed by atoms with Crippen LogP contribution in [0.3, 0.4) is 0 Å². The molecule has 0 aliphatic rings. The van der Waals surface area contributed by atoms with Crippen molar-refractivity contribution in [3.63, 3.8) is 0 Å². The SMILES string of the molecule is CC(c1ccccc1)C(C)(O)C=S(=O)=O. The number of benzene rings is 1. The van der Waals surface area contributed by atoms with E-state index in [0.717, 1.165) is 10.9 Å². The molecule has 0 aliphatic carbocycles. The molecular weight excluding hydrogens is 212 g/mol. The predicted molar refractivity (Wildman–Crippen MR) is 60.5 cm³/mol. The summed E-state index contributed by atoms with van der Waals surface area (Å²) in [5.41, 5.74) is -0.447. The molecule has 0 amide bonds. The van der Waals surface area contributed by atoms with E-state index in [-0.39, 0.29) is 5.92 Å². The maximum atomic E-state index is 10.5. The van der Waals surface area contributed by atoms with Gasteiger partial charge in [-0.2, -0.15) is 8.42 Å². The monoisotopic (exact) mass is 226 g/mol. The second-order valence-electron chi connectivity index (χ2n) is 3.74. The van der Waals surface area contributed by atoms with E-state index in [4.69, 9.17) is 0 Å².